The molecule has 0 atom stereocenters. The fourth-order valence-electron chi connectivity index (χ4n) is 2.08. The van der Waals surface area contributed by atoms with E-state index in [0.717, 1.165) is 4.68 Å². The van der Waals surface area contributed by atoms with Gasteiger partial charge in [0.1, 0.15) is 5.69 Å². The normalized spacial score (nSPS) is 10.8. The molecule has 0 spiro atoms. The maximum absolute atomic E-state index is 12.2. The second kappa shape index (κ2) is 6.27. The largest absolute Gasteiger partial charge is 0.348 e. The van der Waals surface area contributed by atoms with E-state index >= 15 is 0 Å². The van der Waals surface area contributed by atoms with Gasteiger partial charge in [-0.15, -0.1) is 5.10 Å². The van der Waals surface area contributed by atoms with E-state index in [-0.39, 0.29) is 27.2 Å². The van der Waals surface area contributed by atoms with Gasteiger partial charge in [0.25, 0.3) is 5.69 Å². The summed E-state index contributed by atoms with van der Waals surface area (Å²) in [5.74, 6) is 0.219. The van der Waals surface area contributed by atoms with Crippen molar-refractivity contribution in [3.8, 4) is 17.1 Å². The van der Waals surface area contributed by atoms with E-state index in [1.54, 1.807) is 0 Å². The smallest absolute Gasteiger partial charge is 0.288 e. The number of nitro groups is 1. The molecular formula is C14H7Cl3N4O3. The maximum atomic E-state index is 12.2. The first kappa shape index (κ1) is 16.5. The summed E-state index contributed by atoms with van der Waals surface area (Å²) < 4.78 is 1.01. The number of halogens is 3. The van der Waals surface area contributed by atoms with Crippen molar-refractivity contribution in [1.29, 1.82) is 0 Å². The molecule has 0 saturated carbocycles. The molecule has 1 aromatic heterocycles. The number of hydrogen-bond acceptors (Lipinski definition) is 4. The first-order valence-electron chi connectivity index (χ1n) is 6.46. The second-order valence-electron chi connectivity index (χ2n) is 4.71. The first-order chi connectivity index (χ1) is 11.4. The minimum absolute atomic E-state index is 0.0654. The van der Waals surface area contributed by atoms with Crippen LogP contribution in [0.25, 0.3) is 17.1 Å². The third kappa shape index (κ3) is 3.01. The number of aromatic nitrogens is 3. The van der Waals surface area contributed by atoms with Gasteiger partial charge >= 0.3 is 5.69 Å². The van der Waals surface area contributed by atoms with E-state index in [2.05, 4.69) is 10.1 Å². The van der Waals surface area contributed by atoms with Gasteiger partial charge in [-0.3, -0.25) is 15.1 Å². The van der Waals surface area contributed by atoms with E-state index in [0.29, 0.717) is 10.6 Å². The Morgan fingerprint density at radius 3 is 2.21 bits per heavy atom. The Balaban J connectivity index is 2.09. The Hall–Kier alpha value is -2.35. The fraction of sp³-hybridized carbons (Fsp3) is 0. The highest BCUT2D eigenvalue weighted by Gasteiger charge is 2.16. The average molecular weight is 386 g/mol. The molecule has 1 N–H and O–H groups in total. The summed E-state index contributed by atoms with van der Waals surface area (Å²) in [6, 6.07) is 8.47. The second-order valence-corrected chi connectivity index (χ2v) is 5.96. The van der Waals surface area contributed by atoms with Gasteiger partial charge in [-0.05, 0) is 24.3 Å². The van der Waals surface area contributed by atoms with E-state index in [1.165, 1.54) is 36.4 Å². The minimum atomic E-state index is -0.561. The van der Waals surface area contributed by atoms with Gasteiger partial charge in [-0.25, -0.2) is 4.79 Å². The van der Waals surface area contributed by atoms with Crippen LogP contribution in [0.2, 0.25) is 15.1 Å². The quantitative estimate of drug-likeness (QED) is 0.542. The molecule has 0 saturated heterocycles. The predicted octanol–water partition coefficient (Wildman–Crippen LogP) is 4.10. The van der Waals surface area contributed by atoms with Gasteiger partial charge < -0.3 is 0 Å². The van der Waals surface area contributed by atoms with Crippen LogP contribution in [0.5, 0.6) is 0 Å². The van der Waals surface area contributed by atoms with Crippen LogP contribution in [0.4, 0.5) is 5.69 Å². The van der Waals surface area contributed by atoms with Crippen LogP contribution in [0.15, 0.2) is 41.2 Å². The molecule has 0 aliphatic heterocycles. The standard InChI is InChI=1S/C14H7Cl3N4O3/c15-8-5-10(16)12(11(17)6-8)20-14(22)18-13(19-20)7-1-3-9(4-2-7)21(23)24/h1-6H,(H,18,19,22). The summed E-state index contributed by atoms with van der Waals surface area (Å²) in [4.78, 5) is 24.9. The molecule has 3 rings (SSSR count). The predicted molar refractivity (Wildman–Crippen MR) is 91.3 cm³/mol. The Labute approximate surface area is 149 Å². The van der Waals surface area contributed by atoms with Crippen molar-refractivity contribution in [1.82, 2.24) is 14.8 Å². The summed E-state index contributed by atoms with van der Waals surface area (Å²) >= 11 is 18.0. The number of rotatable bonds is 3. The molecular weight excluding hydrogens is 379 g/mol. The maximum Gasteiger partial charge on any atom is 0.348 e. The summed E-state index contributed by atoms with van der Waals surface area (Å²) in [7, 11) is 0. The van der Waals surface area contributed by atoms with Gasteiger partial charge in [0.2, 0.25) is 0 Å². The van der Waals surface area contributed by atoms with Gasteiger partial charge in [0.15, 0.2) is 5.82 Å². The van der Waals surface area contributed by atoms with Crippen LogP contribution >= 0.6 is 34.8 Å². The van der Waals surface area contributed by atoms with Crippen molar-refractivity contribution in [2.24, 2.45) is 0 Å². The van der Waals surface area contributed by atoms with Crippen molar-refractivity contribution >= 4 is 40.5 Å². The molecule has 0 radical (unpaired) electrons. The number of nitro benzene ring substituents is 1. The molecule has 0 aliphatic carbocycles. The van der Waals surface area contributed by atoms with E-state index < -0.39 is 10.6 Å². The van der Waals surface area contributed by atoms with Gasteiger partial charge in [0.05, 0.1) is 15.0 Å². The van der Waals surface area contributed by atoms with Crippen molar-refractivity contribution < 1.29 is 4.92 Å². The van der Waals surface area contributed by atoms with Crippen LogP contribution in [-0.2, 0) is 0 Å². The van der Waals surface area contributed by atoms with Crippen molar-refractivity contribution in [2.45, 2.75) is 0 Å². The van der Waals surface area contributed by atoms with Crippen molar-refractivity contribution in [3.63, 3.8) is 0 Å². The molecule has 1 heterocycles. The molecule has 0 unspecified atom stereocenters. The zero-order valence-corrected chi connectivity index (χ0v) is 13.9. The van der Waals surface area contributed by atoms with Crippen LogP contribution < -0.4 is 5.69 Å². The fourth-order valence-corrected chi connectivity index (χ4v) is 3.06. The molecule has 24 heavy (non-hydrogen) atoms. The highest BCUT2D eigenvalue weighted by molar-refractivity contribution is 6.40. The topological polar surface area (TPSA) is 93.8 Å². The van der Waals surface area contributed by atoms with Gasteiger partial charge in [-0.2, -0.15) is 4.68 Å². The van der Waals surface area contributed by atoms with Crippen molar-refractivity contribution in [2.75, 3.05) is 0 Å². The van der Waals surface area contributed by atoms with Crippen LogP contribution in [0.3, 0.4) is 0 Å². The van der Waals surface area contributed by atoms with E-state index in [1.807, 2.05) is 0 Å². The number of benzene rings is 2. The summed E-state index contributed by atoms with van der Waals surface area (Å²) in [6.45, 7) is 0. The summed E-state index contributed by atoms with van der Waals surface area (Å²) in [5.41, 5.74) is 0.0635. The molecule has 2 aromatic carbocycles. The zero-order valence-electron chi connectivity index (χ0n) is 11.7. The lowest BCUT2D eigenvalue weighted by Gasteiger charge is -2.06. The van der Waals surface area contributed by atoms with Crippen LogP contribution in [0, 0.1) is 10.1 Å². The highest BCUT2D eigenvalue weighted by Crippen LogP contribution is 2.31. The molecule has 0 fully saturated rings. The Bertz CT molecular complexity index is 972. The molecule has 0 aliphatic rings. The number of non-ortho nitro benzene ring substituents is 1. The monoisotopic (exact) mass is 384 g/mol. The number of H-pyrrole nitrogens is 1. The zero-order chi connectivity index (χ0) is 17.4. The molecule has 0 amide bonds. The minimum Gasteiger partial charge on any atom is -0.288 e. The van der Waals surface area contributed by atoms with Crippen molar-refractivity contribution in [3.05, 3.63) is 72.1 Å². The highest BCUT2D eigenvalue weighted by atomic mass is 35.5. The van der Waals surface area contributed by atoms with Gasteiger partial charge in [0, 0.05) is 22.7 Å². The summed E-state index contributed by atoms with van der Waals surface area (Å²) in [6.07, 6.45) is 0. The lowest BCUT2D eigenvalue weighted by Crippen LogP contribution is -2.16. The average Bonchev–Trinajstić information content (AvgIpc) is 2.88. The number of hydrogen-bond donors (Lipinski definition) is 1. The Kier molecular flexibility index (Phi) is 4.31. The van der Waals surface area contributed by atoms with Gasteiger partial charge in [-0.1, -0.05) is 34.8 Å². The van der Waals surface area contributed by atoms with E-state index in [9.17, 15) is 14.9 Å². The SMILES string of the molecule is O=c1[nH]c(-c2ccc([N+](=O)[O-])cc2)nn1-c1c(Cl)cc(Cl)cc1Cl. The third-order valence-corrected chi connectivity index (χ3v) is 3.96. The molecule has 0 bridgehead atoms. The lowest BCUT2D eigenvalue weighted by atomic mass is 10.2. The lowest BCUT2D eigenvalue weighted by molar-refractivity contribution is -0.384. The third-order valence-electron chi connectivity index (χ3n) is 3.16. The molecule has 10 heteroatoms. The number of nitrogens with zero attached hydrogens (tertiary/aromatic N) is 3. The Morgan fingerprint density at radius 2 is 1.67 bits per heavy atom. The molecule has 122 valence electrons. The molecule has 7 nitrogen and oxygen atoms in total. The first-order valence-corrected chi connectivity index (χ1v) is 7.59. The van der Waals surface area contributed by atoms with Crippen LogP contribution in [0.1, 0.15) is 0 Å². The van der Waals surface area contributed by atoms with E-state index in [4.69, 9.17) is 34.8 Å². The number of nitrogens with one attached hydrogen (secondary N) is 1. The Morgan fingerprint density at radius 1 is 1.08 bits per heavy atom. The molecule has 3 aromatic rings. The number of aromatic amines is 1. The summed E-state index contributed by atoms with van der Waals surface area (Å²) in [5, 5.41) is 15.5. The van der Waals surface area contributed by atoms with Crippen LogP contribution in [-0.4, -0.2) is 19.7 Å².